The molecule has 0 radical (unpaired) electrons. The van der Waals surface area contributed by atoms with E-state index in [4.69, 9.17) is 23.8 Å². The van der Waals surface area contributed by atoms with Crippen LogP contribution < -0.4 is 10.6 Å². The van der Waals surface area contributed by atoms with Crippen molar-refractivity contribution in [2.45, 2.75) is 20.4 Å². The van der Waals surface area contributed by atoms with Gasteiger partial charge in [-0.25, -0.2) is 4.39 Å². The van der Waals surface area contributed by atoms with Crippen LogP contribution in [0.3, 0.4) is 0 Å². The average molecular weight is 389 g/mol. The van der Waals surface area contributed by atoms with Gasteiger partial charge in [0.15, 0.2) is 10.9 Å². The number of halogens is 2. The first-order valence-electron chi connectivity index (χ1n) is 8.04. The largest absolute Gasteiger partial charge is 0.332 e. The molecule has 2 N–H and O–H groups in total. The molecule has 0 unspecified atom stereocenters. The number of nitrogens with zero attached hydrogens (tertiary/aromatic N) is 2. The first-order chi connectivity index (χ1) is 12.4. The van der Waals surface area contributed by atoms with E-state index >= 15 is 0 Å². The molecule has 0 fully saturated rings. The van der Waals surface area contributed by atoms with Crippen molar-refractivity contribution in [1.29, 1.82) is 0 Å². The highest BCUT2D eigenvalue weighted by molar-refractivity contribution is 7.80. The van der Waals surface area contributed by atoms with E-state index in [1.54, 1.807) is 29.1 Å². The molecule has 0 atom stereocenters. The number of rotatable bonds is 4. The summed E-state index contributed by atoms with van der Waals surface area (Å²) in [6.07, 6.45) is 1.64. The Morgan fingerprint density at radius 1 is 1.19 bits per heavy atom. The topological polar surface area (TPSA) is 41.9 Å². The Morgan fingerprint density at radius 3 is 2.73 bits per heavy atom. The van der Waals surface area contributed by atoms with E-state index in [1.165, 1.54) is 6.07 Å². The Labute approximate surface area is 162 Å². The molecule has 1 heterocycles. The summed E-state index contributed by atoms with van der Waals surface area (Å²) in [6.45, 7) is 4.30. The number of anilines is 2. The first-order valence-corrected chi connectivity index (χ1v) is 8.82. The second-order valence-corrected chi connectivity index (χ2v) is 6.83. The Morgan fingerprint density at radius 2 is 1.96 bits per heavy atom. The van der Waals surface area contributed by atoms with E-state index in [-0.39, 0.29) is 12.4 Å². The van der Waals surface area contributed by atoms with E-state index in [9.17, 15) is 4.39 Å². The smallest absolute Gasteiger partial charge is 0.176 e. The minimum absolute atomic E-state index is 0.277. The van der Waals surface area contributed by atoms with Crippen molar-refractivity contribution in [2.75, 3.05) is 10.6 Å². The molecule has 0 aliphatic rings. The predicted molar refractivity (Wildman–Crippen MR) is 108 cm³/mol. The fourth-order valence-electron chi connectivity index (χ4n) is 2.50. The average Bonchev–Trinajstić information content (AvgIpc) is 2.92. The molecule has 1 aromatic heterocycles. The highest BCUT2D eigenvalue weighted by atomic mass is 35.5. The molecule has 26 heavy (non-hydrogen) atoms. The number of hydrogen-bond acceptors (Lipinski definition) is 2. The summed E-state index contributed by atoms with van der Waals surface area (Å²) in [6, 6.07) is 12.6. The Kier molecular flexibility index (Phi) is 5.54. The molecule has 7 heteroatoms. The van der Waals surface area contributed by atoms with Gasteiger partial charge in [-0.3, -0.25) is 4.68 Å². The highest BCUT2D eigenvalue weighted by Gasteiger charge is 2.11. The van der Waals surface area contributed by atoms with Crippen molar-refractivity contribution < 1.29 is 4.39 Å². The van der Waals surface area contributed by atoms with E-state index in [2.05, 4.69) is 15.7 Å². The lowest BCUT2D eigenvalue weighted by atomic mass is 10.1. The van der Waals surface area contributed by atoms with Crippen molar-refractivity contribution in [3.63, 3.8) is 0 Å². The SMILES string of the molecule is Cc1ccc(C)c(NC(=S)Nc2nn(Cc3ccccc3F)cc2Cl)c1. The van der Waals surface area contributed by atoms with Gasteiger partial charge >= 0.3 is 0 Å². The van der Waals surface area contributed by atoms with Crippen molar-refractivity contribution in [2.24, 2.45) is 0 Å². The lowest BCUT2D eigenvalue weighted by Gasteiger charge is -2.12. The second kappa shape index (κ2) is 7.85. The maximum Gasteiger partial charge on any atom is 0.176 e. The van der Waals surface area contributed by atoms with Crippen LogP contribution in [-0.2, 0) is 6.54 Å². The Balaban J connectivity index is 1.70. The molecule has 0 aliphatic heterocycles. The number of aromatic nitrogens is 2. The first kappa shape index (κ1) is 18.4. The molecular formula is C19H18ClFN4S. The van der Waals surface area contributed by atoms with Crippen LogP contribution in [0.1, 0.15) is 16.7 Å². The summed E-state index contributed by atoms with van der Waals surface area (Å²) in [5.74, 6) is 0.145. The lowest BCUT2D eigenvalue weighted by Crippen LogP contribution is -2.20. The number of aryl methyl sites for hydroxylation is 2. The third kappa shape index (κ3) is 4.39. The molecule has 0 bridgehead atoms. The van der Waals surface area contributed by atoms with E-state index < -0.39 is 0 Å². The zero-order valence-electron chi connectivity index (χ0n) is 14.4. The standard InChI is InChI=1S/C19H18ClFN4S/c1-12-7-8-13(2)17(9-12)22-19(26)23-18-15(20)11-25(24-18)10-14-5-3-4-6-16(14)21/h3-9,11H,10H2,1-2H3,(H2,22,23,24,26). The number of benzene rings is 2. The van der Waals surface area contributed by atoms with Gasteiger partial charge in [-0.15, -0.1) is 0 Å². The van der Waals surface area contributed by atoms with Crippen LogP contribution in [0.25, 0.3) is 0 Å². The highest BCUT2D eigenvalue weighted by Crippen LogP contribution is 2.22. The molecule has 4 nitrogen and oxygen atoms in total. The van der Waals surface area contributed by atoms with Crippen LogP contribution in [0, 0.1) is 19.7 Å². The van der Waals surface area contributed by atoms with Crippen LogP contribution in [0.4, 0.5) is 15.9 Å². The van der Waals surface area contributed by atoms with Crippen LogP contribution in [0.15, 0.2) is 48.7 Å². The zero-order chi connectivity index (χ0) is 18.7. The molecule has 0 aliphatic carbocycles. The van der Waals surface area contributed by atoms with Gasteiger partial charge < -0.3 is 10.6 Å². The van der Waals surface area contributed by atoms with Crippen molar-refractivity contribution in [3.05, 3.63) is 76.2 Å². The number of thiocarbonyl (C=S) groups is 1. The molecular weight excluding hydrogens is 371 g/mol. The van der Waals surface area contributed by atoms with Gasteiger partial charge in [0.25, 0.3) is 0 Å². The zero-order valence-corrected chi connectivity index (χ0v) is 16.0. The second-order valence-electron chi connectivity index (χ2n) is 6.01. The van der Waals surface area contributed by atoms with Crippen molar-refractivity contribution >= 4 is 40.4 Å². The van der Waals surface area contributed by atoms with E-state index in [0.717, 1.165) is 16.8 Å². The quantitative estimate of drug-likeness (QED) is 0.606. The molecule has 3 aromatic rings. The summed E-state index contributed by atoms with van der Waals surface area (Å²) in [7, 11) is 0. The third-order valence-corrected chi connectivity index (χ3v) is 4.36. The van der Waals surface area contributed by atoms with Crippen LogP contribution in [0.5, 0.6) is 0 Å². The van der Waals surface area contributed by atoms with Gasteiger partial charge in [0, 0.05) is 17.4 Å². The fraction of sp³-hybridized carbons (Fsp3) is 0.158. The van der Waals surface area contributed by atoms with Crippen LogP contribution in [-0.4, -0.2) is 14.9 Å². The minimum Gasteiger partial charge on any atom is -0.332 e. The molecule has 0 saturated heterocycles. The summed E-state index contributed by atoms with van der Waals surface area (Å²) in [5.41, 5.74) is 3.67. The van der Waals surface area contributed by atoms with Gasteiger partial charge in [-0.1, -0.05) is 41.9 Å². The monoisotopic (exact) mass is 388 g/mol. The molecule has 0 spiro atoms. The maximum atomic E-state index is 13.8. The van der Waals surface area contributed by atoms with Gasteiger partial charge in [0.05, 0.1) is 6.54 Å². The van der Waals surface area contributed by atoms with Gasteiger partial charge in [0.2, 0.25) is 0 Å². The molecule has 134 valence electrons. The summed E-state index contributed by atoms with van der Waals surface area (Å²) in [5, 5.41) is 11.3. The minimum atomic E-state index is -0.277. The normalized spacial score (nSPS) is 10.6. The lowest BCUT2D eigenvalue weighted by molar-refractivity contribution is 0.586. The number of hydrogen-bond donors (Lipinski definition) is 2. The molecule has 2 aromatic carbocycles. The van der Waals surface area contributed by atoms with Gasteiger partial charge in [-0.05, 0) is 49.3 Å². The molecule has 0 saturated carbocycles. The van der Waals surface area contributed by atoms with E-state index in [0.29, 0.717) is 21.5 Å². The van der Waals surface area contributed by atoms with Gasteiger partial charge in [-0.2, -0.15) is 5.10 Å². The Bertz CT molecular complexity index is 954. The van der Waals surface area contributed by atoms with Crippen LogP contribution >= 0.6 is 23.8 Å². The van der Waals surface area contributed by atoms with Crippen molar-refractivity contribution in [1.82, 2.24) is 9.78 Å². The van der Waals surface area contributed by atoms with E-state index in [1.807, 2.05) is 32.0 Å². The molecule has 3 rings (SSSR count). The molecule has 0 amide bonds. The van der Waals surface area contributed by atoms with Crippen molar-refractivity contribution in [3.8, 4) is 0 Å². The summed E-state index contributed by atoms with van der Waals surface area (Å²) >= 11 is 11.6. The van der Waals surface area contributed by atoms with Gasteiger partial charge in [0.1, 0.15) is 10.8 Å². The predicted octanol–water partition coefficient (Wildman–Crippen LogP) is 5.15. The maximum absolute atomic E-state index is 13.8. The van der Waals surface area contributed by atoms with Crippen LogP contribution in [0.2, 0.25) is 5.02 Å². The third-order valence-electron chi connectivity index (χ3n) is 3.88. The fourth-order valence-corrected chi connectivity index (χ4v) is 2.90. The Hall–Kier alpha value is -2.44. The number of nitrogens with one attached hydrogen (secondary N) is 2. The summed E-state index contributed by atoms with van der Waals surface area (Å²) in [4.78, 5) is 0. The summed E-state index contributed by atoms with van der Waals surface area (Å²) < 4.78 is 15.4.